The van der Waals surface area contributed by atoms with Crippen molar-refractivity contribution in [1.82, 2.24) is 14.9 Å². The maximum atomic E-state index is 13.6. The van der Waals surface area contributed by atoms with E-state index in [-0.39, 0.29) is 17.3 Å². The third-order valence-corrected chi connectivity index (χ3v) is 5.44. The normalized spacial score (nSPS) is 23.9. The molecule has 0 bridgehead atoms. The summed E-state index contributed by atoms with van der Waals surface area (Å²) in [4.78, 5) is 27.4. The van der Waals surface area contributed by atoms with Crippen LogP contribution in [-0.4, -0.2) is 59.5 Å². The van der Waals surface area contributed by atoms with Crippen LogP contribution < -0.4 is 9.80 Å². The molecule has 1 spiro atoms. The van der Waals surface area contributed by atoms with Crippen LogP contribution in [0.1, 0.15) is 12.0 Å². The second kappa shape index (κ2) is 6.32. The quantitative estimate of drug-likeness (QED) is 0.823. The molecule has 0 N–H and O–H groups in total. The number of halogens is 1. The van der Waals surface area contributed by atoms with Gasteiger partial charge >= 0.3 is 0 Å². The Labute approximate surface area is 152 Å². The minimum Gasteiger partial charge on any atom is -0.339 e. The molecule has 26 heavy (non-hydrogen) atoms. The van der Waals surface area contributed by atoms with Crippen LogP contribution in [0.2, 0.25) is 0 Å². The van der Waals surface area contributed by atoms with E-state index in [1.807, 2.05) is 26.4 Å². The average molecular weight is 355 g/mol. The lowest BCUT2D eigenvalue weighted by Crippen LogP contribution is -2.64. The second-order valence-electron chi connectivity index (χ2n) is 7.27. The first kappa shape index (κ1) is 16.9. The zero-order valence-electron chi connectivity index (χ0n) is 15.0. The van der Waals surface area contributed by atoms with Crippen LogP contribution in [-0.2, 0) is 4.79 Å². The number of benzene rings is 1. The summed E-state index contributed by atoms with van der Waals surface area (Å²) in [6, 6.07) is 6.25. The number of aryl methyl sites for hydroxylation is 1. The molecule has 2 aliphatic rings. The highest BCUT2D eigenvalue weighted by molar-refractivity contribution is 5.96. The van der Waals surface area contributed by atoms with Crippen LogP contribution in [0.4, 0.5) is 16.0 Å². The third-order valence-electron chi connectivity index (χ3n) is 5.44. The molecule has 1 aromatic heterocycles. The summed E-state index contributed by atoms with van der Waals surface area (Å²) in [6.07, 6.45) is 4.54. The van der Waals surface area contributed by atoms with E-state index in [4.69, 9.17) is 0 Å². The number of carbonyl (C=O) groups is 1. The lowest BCUT2D eigenvalue weighted by atomic mass is 9.92. The Bertz CT molecular complexity index is 827. The molecule has 1 atom stereocenters. The van der Waals surface area contributed by atoms with Crippen molar-refractivity contribution >= 4 is 17.5 Å². The van der Waals surface area contributed by atoms with Gasteiger partial charge in [0.25, 0.3) is 0 Å². The van der Waals surface area contributed by atoms with Crippen molar-refractivity contribution in [3.8, 4) is 0 Å². The number of rotatable bonds is 2. The number of nitrogens with zero attached hydrogens (tertiary/aromatic N) is 5. The van der Waals surface area contributed by atoms with Gasteiger partial charge in [-0.1, -0.05) is 6.07 Å². The first-order valence-corrected chi connectivity index (χ1v) is 8.78. The highest BCUT2D eigenvalue weighted by atomic mass is 19.1. The number of anilines is 2. The van der Waals surface area contributed by atoms with E-state index in [0.717, 1.165) is 31.0 Å². The van der Waals surface area contributed by atoms with Gasteiger partial charge < -0.3 is 9.80 Å². The number of amides is 1. The van der Waals surface area contributed by atoms with Crippen LogP contribution in [0.3, 0.4) is 0 Å². The zero-order valence-corrected chi connectivity index (χ0v) is 15.0. The molecule has 2 fully saturated rings. The molecule has 1 amide bonds. The highest BCUT2D eigenvalue weighted by Crippen LogP contribution is 2.34. The maximum Gasteiger partial charge on any atom is 0.241 e. The molecular weight excluding hydrogens is 333 g/mol. The fourth-order valence-corrected chi connectivity index (χ4v) is 3.86. The van der Waals surface area contributed by atoms with Gasteiger partial charge in [0, 0.05) is 37.7 Å². The molecule has 4 rings (SSSR count). The van der Waals surface area contributed by atoms with E-state index in [1.165, 1.54) is 12.1 Å². The molecule has 0 aliphatic carbocycles. The summed E-state index contributed by atoms with van der Waals surface area (Å²) in [5.41, 5.74) is 1.46. The number of carbonyl (C=O) groups excluding carboxylic acids is 1. The Balaban J connectivity index is 1.59. The molecule has 0 radical (unpaired) electrons. The Kier molecular flexibility index (Phi) is 4.11. The van der Waals surface area contributed by atoms with Crippen molar-refractivity contribution in [3.63, 3.8) is 0 Å². The molecule has 136 valence electrons. The van der Waals surface area contributed by atoms with Gasteiger partial charge in [0.1, 0.15) is 5.82 Å². The van der Waals surface area contributed by atoms with E-state index >= 15 is 0 Å². The SMILES string of the molecule is Cc1cnc(N2CC[C@@]3(C2)CN(c2cccc(F)c2)C(=O)CN3C)nc1. The molecule has 0 unspecified atom stereocenters. The highest BCUT2D eigenvalue weighted by Gasteiger charge is 2.48. The molecule has 6 nitrogen and oxygen atoms in total. The van der Waals surface area contributed by atoms with Crippen molar-refractivity contribution in [2.24, 2.45) is 0 Å². The van der Waals surface area contributed by atoms with Crippen molar-refractivity contribution in [3.05, 3.63) is 48.0 Å². The Hall–Kier alpha value is -2.54. The molecule has 2 aliphatic heterocycles. The lowest BCUT2D eigenvalue weighted by Gasteiger charge is -2.46. The first-order valence-electron chi connectivity index (χ1n) is 8.78. The monoisotopic (exact) mass is 355 g/mol. The van der Waals surface area contributed by atoms with Gasteiger partial charge in [-0.05, 0) is 44.2 Å². The molecule has 2 aromatic rings. The van der Waals surface area contributed by atoms with Crippen LogP contribution in [0.5, 0.6) is 0 Å². The van der Waals surface area contributed by atoms with Crippen molar-refractivity contribution in [2.45, 2.75) is 18.9 Å². The summed E-state index contributed by atoms with van der Waals surface area (Å²) < 4.78 is 13.6. The van der Waals surface area contributed by atoms with Crippen molar-refractivity contribution < 1.29 is 9.18 Å². The van der Waals surface area contributed by atoms with E-state index in [1.54, 1.807) is 17.0 Å². The van der Waals surface area contributed by atoms with Gasteiger partial charge in [-0.25, -0.2) is 14.4 Å². The van der Waals surface area contributed by atoms with Gasteiger partial charge in [-0.2, -0.15) is 0 Å². The number of hydrogen-bond acceptors (Lipinski definition) is 5. The van der Waals surface area contributed by atoms with Crippen LogP contribution in [0.25, 0.3) is 0 Å². The first-order chi connectivity index (χ1) is 12.5. The molecule has 3 heterocycles. The lowest BCUT2D eigenvalue weighted by molar-refractivity contribution is -0.123. The predicted molar refractivity (Wildman–Crippen MR) is 97.7 cm³/mol. The summed E-state index contributed by atoms with van der Waals surface area (Å²) in [6.45, 7) is 4.39. The molecule has 7 heteroatoms. The number of aromatic nitrogens is 2. The fraction of sp³-hybridized carbons (Fsp3) is 0.421. The molecular formula is C19H22FN5O. The molecule has 2 saturated heterocycles. The van der Waals surface area contributed by atoms with E-state index < -0.39 is 0 Å². The average Bonchev–Trinajstić information content (AvgIpc) is 3.04. The minimum absolute atomic E-state index is 0.00578. The third kappa shape index (κ3) is 2.92. The number of hydrogen-bond donors (Lipinski definition) is 0. The Morgan fingerprint density at radius 2 is 1.96 bits per heavy atom. The van der Waals surface area contributed by atoms with Gasteiger partial charge in [0.15, 0.2) is 0 Å². The standard InChI is InChI=1S/C19H22FN5O/c1-14-9-21-18(22-10-14)24-7-6-19(12-24)13-25(17(26)11-23(19)2)16-5-3-4-15(20)8-16/h3-5,8-10H,6-7,11-13H2,1-2H3/t19-/m1/s1. The smallest absolute Gasteiger partial charge is 0.241 e. The van der Waals surface area contributed by atoms with Gasteiger partial charge in [-0.15, -0.1) is 0 Å². The second-order valence-corrected chi connectivity index (χ2v) is 7.27. The molecule has 0 saturated carbocycles. The van der Waals surface area contributed by atoms with Crippen LogP contribution >= 0.6 is 0 Å². The van der Waals surface area contributed by atoms with Crippen molar-refractivity contribution in [1.29, 1.82) is 0 Å². The van der Waals surface area contributed by atoms with E-state index in [9.17, 15) is 9.18 Å². The topological polar surface area (TPSA) is 52.6 Å². The maximum absolute atomic E-state index is 13.6. The van der Waals surface area contributed by atoms with Gasteiger partial charge in [0.05, 0.1) is 12.1 Å². The molecule has 1 aromatic carbocycles. The summed E-state index contributed by atoms with van der Waals surface area (Å²) in [5.74, 6) is 0.383. The Morgan fingerprint density at radius 3 is 2.69 bits per heavy atom. The summed E-state index contributed by atoms with van der Waals surface area (Å²) in [7, 11) is 1.99. The fourth-order valence-electron chi connectivity index (χ4n) is 3.86. The van der Waals surface area contributed by atoms with Gasteiger partial charge in [0.2, 0.25) is 11.9 Å². The number of piperazine rings is 1. The Morgan fingerprint density at radius 1 is 1.19 bits per heavy atom. The summed E-state index contributed by atoms with van der Waals surface area (Å²) >= 11 is 0. The van der Waals surface area contributed by atoms with Crippen molar-refractivity contribution in [2.75, 3.05) is 43.0 Å². The number of likely N-dealkylation sites (N-methyl/N-ethyl adjacent to an activating group) is 1. The van der Waals surface area contributed by atoms with Crippen LogP contribution in [0, 0.1) is 12.7 Å². The van der Waals surface area contributed by atoms with Crippen LogP contribution in [0.15, 0.2) is 36.7 Å². The zero-order chi connectivity index (χ0) is 18.3. The largest absolute Gasteiger partial charge is 0.339 e. The predicted octanol–water partition coefficient (Wildman–Crippen LogP) is 1.85. The summed E-state index contributed by atoms with van der Waals surface area (Å²) in [5, 5.41) is 0. The van der Waals surface area contributed by atoms with E-state index in [2.05, 4.69) is 19.8 Å². The minimum atomic E-state index is -0.329. The van der Waals surface area contributed by atoms with Gasteiger partial charge in [-0.3, -0.25) is 9.69 Å². The van der Waals surface area contributed by atoms with E-state index in [0.29, 0.717) is 18.8 Å².